The third-order valence-electron chi connectivity index (χ3n) is 6.00. The van der Waals surface area contributed by atoms with Gasteiger partial charge in [-0.1, -0.05) is 48.5 Å². The molecule has 0 spiro atoms. The number of nitrogens with zero attached hydrogens (tertiary/aromatic N) is 1. The lowest BCUT2D eigenvalue weighted by Crippen LogP contribution is -2.49. The standard InChI is InChI=1S/C25H30N2O6/c1-25(2,3)33-24(31)27-13-21(28)22(29)20(27)12-26-23(30)32-14-19-17-10-6-4-8-15(17)16-9-5-7-11-18(16)19/h4-11,19-22,28-29H,12-14H2,1-3H3,(H,26,30)/t20-,21+,22-/m0/s1. The van der Waals surface area contributed by atoms with Gasteiger partial charge in [0.05, 0.1) is 18.7 Å². The molecule has 8 heteroatoms. The zero-order valence-electron chi connectivity index (χ0n) is 19.0. The smallest absolute Gasteiger partial charge is 0.410 e. The summed E-state index contributed by atoms with van der Waals surface area (Å²) in [4.78, 5) is 26.2. The molecule has 0 aromatic heterocycles. The molecule has 176 valence electrons. The van der Waals surface area contributed by atoms with Crippen molar-refractivity contribution in [3.63, 3.8) is 0 Å². The molecule has 2 amide bonds. The lowest BCUT2D eigenvalue weighted by molar-refractivity contribution is 0.0136. The number of alkyl carbamates (subject to hydrolysis) is 1. The highest BCUT2D eigenvalue weighted by atomic mass is 16.6. The summed E-state index contributed by atoms with van der Waals surface area (Å²) in [6.45, 7) is 5.21. The van der Waals surface area contributed by atoms with Gasteiger partial charge in [-0.25, -0.2) is 9.59 Å². The van der Waals surface area contributed by atoms with Crippen LogP contribution >= 0.6 is 0 Å². The number of amides is 2. The molecule has 0 radical (unpaired) electrons. The Kier molecular flexibility index (Phi) is 6.32. The van der Waals surface area contributed by atoms with Crippen molar-refractivity contribution in [1.29, 1.82) is 0 Å². The second kappa shape index (κ2) is 9.03. The van der Waals surface area contributed by atoms with Crippen LogP contribution in [0.25, 0.3) is 11.1 Å². The number of carbonyl (C=O) groups is 2. The lowest BCUT2D eigenvalue weighted by atomic mass is 9.98. The second-order valence-electron chi connectivity index (χ2n) is 9.46. The van der Waals surface area contributed by atoms with Gasteiger partial charge in [-0.3, -0.25) is 4.90 Å². The molecule has 0 bridgehead atoms. The van der Waals surface area contributed by atoms with E-state index < -0.39 is 36.0 Å². The van der Waals surface area contributed by atoms with Gasteiger partial charge in [0.15, 0.2) is 0 Å². The molecule has 1 heterocycles. The maximum Gasteiger partial charge on any atom is 0.410 e. The molecule has 2 aromatic carbocycles. The molecule has 1 fully saturated rings. The van der Waals surface area contributed by atoms with E-state index in [-0.39, 0.29) is 25.6 Å². The number of likely N-dealkylation sites (tertiary alicyclic amines) is 1. The van der Waals surface area contributed by atoms with E-state index >= 15 is 0 Å². The maximum atomic E-state index is 12.5. The Balaban J connectivity index is 1.37. The third kappa shape index (κ3) is 4.82. The number of benzene rings is 2. The Morgan fingerprint density at radius 3 is 2.18 bits per heavy atom. The van der Waals surface area contributed by atoms with Crippen LogP contribution in [0.1, 0.15) is 37.8 Å². The normalized spacial score (nSPS) is 22.0. The molecule has 3 atom stereocenters. The molecule has 3 N–H and O–H groups in total. The molecule has 8 nitrogen and oxygen atoms in total. The SMILES string of the molecule is CC(C)(C)OC(=O)N1C[C@@H](O)[C@@H](O)[C@@H]1CNC(=O)OCC1c2ccccc2-c2ccccc21. The van der Waals surface area contributed by atoms with Crippen molar-refractivity contribution in [1.82, 2.24) is 10.2 Å². The molecule has 0 unspecified atom stereocenters. The van der Waals surface area contributed by atoms with Gasteiger partial charge >= 0.3 is 12.2 Å². The van der Waals surface area contributed by atoms with Crippen molar-refractivity contribution in [3.8, 4) is 11.1 Å². The van der Waals surface area contributed by atoms with Crippen LogP contribution in [-0.4, -0.2) is 70.8 Å². The van der Waals surface area contributed by atoms with Crippen molar-refractivity contribution in [2.45, 2.75) is 50.5 Å². The van der Waals surface area contributed by atoms with E-state index in [1.807, 2.05) is 36.4 Å². The Morgan fingerprint density at radius 1 is 1.03 bits per heavy atom. The second-order valence-corrected chi connectivity index (χ2v) is 9.46. The fraction of sp³-hybridized carbons (Fsp3) is 0.440. The van der Waals surface area contributed by atoms with Gasteiger partial charge < -0.3 is 25.0 Å². The lowest BCUT2D eigenvalue weighted by Gasteiger charge is -2.29. The van der Waals surface area contributed by atoms with Gasteiger partial charge in [0.25, 0.3) is 0 Å². The quantitative estimate of drug-likeness (QED) is 0.656. The number of aliphatic hydroxyl groups is 2. The number of aliphatic hydroxyl groups excluding tert-OH is 2. The molecule has 4 rings (SSSR count). The van der Waals surface area contributed by atoms with Crippen LogP contribution in [0.4, 0.5) is 9.59 Å². The first kappa shape index (κ1) is 23.1. The van der Waals surface area contributed by atoms with E-state index in [0.717, 1.165) is 22.3 Å². The zero-order valence-corrected chi connectivity index (χ0v) is 19.0. The predicted octanol–water partition coefficient (Wildman–Crippen LogP) is 2.87. The Bertz CT molecular complexity index is 988. The van der Waals surface area contributed by atoms with Gasteiger partial charge in [0.1, 0.15) is 18.3 Å². The van der Waals surface area contributed by atoms with Crippen molar-refractivity contribution in [2.75, 3.05) is 19.7 Å². The Morgan fingerprint density at radius 2 is 1.61 bits per heavy atom. The summed E-state index contributed by atoms with van der Waals surface area (Å²) in [5, 5.41) is 23.0. The van der Waals surface area contributed by atoms with Crippen LogP contribution in [0.2, 0.25) is 0 Å². The summed E-state index contributed by atoms with van der Waals surface area (Å²) in [5.74, 6) is -0.0692. The summed E-state index contributed by atoms with van der Waals surface area (Å²) < 4.78 is 10.9. The molecule has 33 heavy (non-hydrogen) atoms. The van der Waals surface area contributed by atoms with Crippen molar-refractivity contribution < 1.29 is 29.3 Å². The average Bonchev–Trinajstić information content (AvgIpc) is 3.24. The molecular formula is C25H30N2O6. The molecule has 1 aliphatic carbocycles. The van der Waals surface area contributed by atoms with Crippen LogP contribution in [0, 0.1) is 0 Å². The largest absolute Gasteiger partial charge is 0.449 e. The molecule has 1 saturated heterocycles. The number of hydrogen-bond acceptors (Lipinski definition) is 6. The van der Waals surface area contributed by atoms with Gasteiger partial charge in [-0.2, -0.15) is 0 Å². The fourth-order valence-electron chi connectivity index (χ4n) is 4.48. The van der Waals surface area contributed by atoms with Crippen molar-refractivity contribution >= 4 is 12.2 Å². The Labute approximate surface area is 193 Å². The Hall–Kier alpha value is -3.10. The number of rotatable bonds is 4. The van der Waals surface area contributed by atoms with E-state index in [0.29, 0.717) is 0 Å². The molecule has 0 saturated carbocycles. The fourth-order valence-corrected chi connectivity index (χ4v) is 4.48. The van der Waals surface area contributed by atoms with Crippen LogP contribution in [-0.2, 0) is 9.47 Å². The van der Waals surface area contributed by atoms with E-state index in [2.05, 4.69) is 17.4 Å². The average molecular weight is 455 g/mol. The molecular weight excluding hydrogens is 424 g/mol. The summed E-state index contributed by atoms with van der Waals surface area (Å²) in [7, 11) is 0. The first-order valence-corrected chi connectivity index (χ1v) is 11.1. The monoisotopic (exact) mass is 454 g/mol. The van der Waals surface area contributed by atoms with Crippen LogP contribution in [0.15, 0.2) is 48.5 Å². The van der Waals surface area contributed by atoms with E-state index in [1.165, 1.54) is 4.90 Å². The maximum absolute atomic E-state index is 12.5. The highest BCUT2D eigenvalue weighted by molar-refractivity contribution is 5.79. The topological polar surface area (TPSA) is 108 Å². The van der Waals surface area contributed by atoms with Gasteiger partial charge in [0.2, 0.25) is 0 Å². The number of hydrogen-bond donors (Lipinski definition) is 3. The first-order valence-electron chi connectivity index (χ1n) is 11.1. The molecule has 2 aromatic rings. The van der Waals surface area contributed by atoms with Crippen molar-refractivity contribution in [3.05, 3.63) is 59.7 Å². The minimum atomic E-state index is -1.20. The minimum Gasteiger partial charge on any atom is -0.449 e. The predicted molar refractivity (Wildman–Crippen MR) is 122 cm³/mol. The number of ether oxygens (including phenoxy) is 2. The summed E-state index contributed by atoms with van der Waals surface area (Å²) in [6.07, 6.45) is -3.63. The highest BCUT2D eigenvalue weighted by Crippen LogP contribution is 2.44. The van der Waals surface area contributed by atoms with Crippen LogP contribution in [0.3, 0.4) is 0 Å². The van der Waals surface area contributed by atoms with Crippen LogP contribution in [0.5, 0.6) is 0 Å². The summed E-state index contributed by atoms with van der Waals surface area (Å²) in [5.41, 5.74) is 3.77. The number of carbonyl (C=O) groups excluding carboxylic acids is 2. The van der Waals surface area contributed by atoms with Crippen molar-refractivity contribution in [2.24, 2.45) is 0 Å². The number of fused-ring (bicyclic) bond motifs is 3. The van der Waals surface area contributed by atoms with Gasteiger partial charge in [-0.15, -0.1) is 0 Å². The van der Waals surface area contributed by atoms with E-state index in [4.69, 9.17) is 9.47 Å². The van der Waals surface area contributed by atoms with Gasteiger partial charge in [-0.05, 0) is 43.0 Å². The molecule has 2 aliphatic rings. The summed E-state index contributed by atoms with van der Waals surface area (Å²) in [6, 6.07) is 15.3. The van der Waals surface area contributed by atoms with Gasteiger partial charge in [0, 0.05) is 12.5 Å². The number of nitrogens with one attached hydrogen (secondary N) is 1. The van der Waals surface area contributed by atoms with E-state index in [1.54, 1.807) is 20.8 Å². The third-order valence-corrected chi connectivity index (χ3v) is 6.00. The molecule has 1 aliphatic heterocycles. The minimum absolute atomic E-state index is 0.0692. The zero-order chi connectivity index (χ0) is 23.8. The van der Waals surface area contributed by atoms with Crippen LogP contribution < -0.4 is 5.32 Å². The van der Waals surface area contributed by atoms with E-state index in [9.17, 15) is 19.8 Å². The number of β-amino-alcohol motifs (C(OH)–C–C–N with tert-alkyl or cyclic N) is 1. The first-order chi connectivity index (χ1) is 15.7. The highest BCUT2D eigenvalue weighted by Gasteiger charge is 2.44. The summed E-state index contributed by atoms with van der Waals surface area (Å²) >= 11 is 0.